The van der Waals surface area contributed by atoms with Crippen molar-refractivity contribution in [1.82, 2.24) is 0 Å². The molecule has 0 saturated carbocycles. The van der Waals surface area contributed by atoms with Crippen molar-refractivity contribution in [2.45, 2.75) is 13.8 Å². The maximum atomic E-state index is 10.9. The third kappa shape index (κ3) is 2.74. The summed E-state index contributed by atoms with van der Waals surface area (Å²) in [5, 5.41) is 10.2. The molecule has 0 rings (SSSR count). The minimum atomic E-state index is -1.42. The second-order valence-electron chi connectivity index (χ2n) is 2.29. The molecule has 0 saturated heterocycles. The zero-order valence-corrected chi connectivity index (χ0v) is 7.12. The van der Waals surface area contributed by atoms with E-state index in [0.717, 1.165) is 0 Å². The van der Waals surface area contributed by atoms with Crippen LogP contribution in [0.5, 0.6) is 0 Å². The number of hydrogen-bond donors (Lipinski definition) is 0. The smallest absolute Gasteiger partial charge is 0.313 e. The third-order valence-electron chi connectivity index (χ3n) is 1.43. The number of carbonyl (C=O) groups excluding carboxylic acids is 2. The van der Waals surface area contributed by atoms with E-state index < -0.39 is 17.9 Å². The molecule has 0 fully saturated rings. The Hall–Kier alpha value is -1.32. The monoisotopic (exact) mass is 171 g/mol. The molecule has 0 aliphatic carbocycles. The van der Waals surface area contributed by atoms with E-state index in [4.69, 9.17) is 0 Å². The van der Waals surface area contributed by atoms with Crippen LogP contribution in [0.2, 0.25) is 0 Å². The first-order valence-corrected chi connectivity index (χ1v) is 3.57. The first-order chi connectivity index (χ1) is 5.50. The van der Waals surface area contributed by atoms with Crippen LogP contribution in [0.4, 0.5) is 0 Å². The summed E-state index contributed by atoms with van der Waals surface area (Å²) < 4.78 is 4.58. The van der Waals surface area contributed by atoms with Crippen LogP contribution in [0.25, 0.3) is 0 Å². The Morgan fingerprint density at radius 3 is 2.42 bits per heavy atom. The molecular weight excluding hydrogens is 160 g/mol. The lowest BCUT2D eigenvalue weighted by Crippen LogP contribution is -2.30. The van der Waals surface area contributed by atoms with Gasteiger partial charge in [-0.25, -0.2) is 0 Å². The lowest BCUT2D eigenvalue weighted by Gasteiger charge is -2.13. The highest BCUT2D eigenvalue weighted by atomic mass is 16.5. The predicted molar refractivity (Wildman–Crippen MR) is 39.9 cm³/mol. The molecule has 68 valence electrons. The Balaban J connectivity index is 4.19. The van der Waals surface area contributed by atoms with E-state index in [9.17, 15) is 14.7 Å². The van der Waals surface area contributed by atoms with Gasteiger partial charge in [0.2, 0.25) is 0 Å². The molecule has 0 bridgehead atoms. The van der Waals surface area contributed by atoms with Crippen LogP contribution in [0.3, 0.4) is 0 Å². The summed E-state index contributed by atoms with van der Waals surface area (Å²) in [6.45, 7) is 6.48. The minimum absolute atomic E-state index is 0.226. The van der Waals surface area contributed by atoms with Crippen LogP contribution < -0.4 is 5.11 Å². The molecule has 1 atom stereocenters. The summed E-state index contributed by atoms with van der Waals surface area (Å²) in [5.74, 6) is -2.85. The number of ether oxygens (including phenoxy) is 1. The number of carboxylic acid groups (broad SMARTS) is 1. The molecule has 4 nitrogen and oxygen atoms in total. The van der Waals surface area contributed by atoms with Gasteiger partial charge in [0.05, 0.1) is 18.5 Å². The Bertz CT molecular complexity index is 207. The molecule has 0 amide bonds. The van der Waals surface area contributed by atoms with Crippen molar-refractivity contribution in [2.24, 2.45) is 5.92 Å². The van der Waals surface area contributed by atoms with E-state index in [1.807, 2.05) is 0 Å². The van der Waals surface area contributed by atoms with E-state index in [1.165, 1.54) is 6.92 Å². The summed E-state index contributed by atoms with van der Waals surface area (Å²) in [5.41, 5.74) is -0.256. The summed E-state index contributed by atoms with van der Waals surface area (Å²) in [7, 11) is 0. The number of rotatable bonds is 4. The molecule has 12 heavy (non-hydrogen) atoms. The average Bonchev–Trinajstić information content (AvgIpc) is 2.02. The van der Waals surface area contributed by atoms with Gasteiger partial charge in [-0.3, -0.25) is 4.79 Å². The topological polar surface area (TPSA) is 66.4 Å². The van der Waals surface area contributed by atoms with Gasteiger partial charge in [-0.05, 0) is 19.4 Å². The van der Waals surface area contributed by atoms with Crippen LogP contribution in [0.1, 0.15) is 13.8 Å². The van der Waals surface area contributed by atoms with E-state index in [-0.39, 0.29) is 12.2 Å². The summed E-state index contributed by atoms with van der Waals surface area (Å²) in [4.78, 5) is 21.1. The Morgan fingerprint density at radius 1 is 1.58 bits per heavy atom. The SMILES string of the molecule is C=C(C(=O)[O-])C(C)C(=O)OCC. The van der Waals surface area contributed by atoms with Gasteiger partial charge in [0.25, 0.3) is 0 Å². The molecule has 0 radical (unpaired) electrons. The zero-order chi connectivity index (χ0) is 9.72. The van der Waals surface area contributed by atoms with Crippen LogP contribution in [-0.4, -0.2) is 18.5 Å². The first-order valence-electron chi connectivity index (χ1n) is 3.57. The number of carbonyl (C=O) groups is 2. The van der Waals surface area contributed by atoms with Gasteiger partial charge in [-0.1, -0.05) is 6.58 Å². The molecule has 0 aliphatic rings. The largest absolute Gasteiger partial charge is 0.545 e. The molecule has 0 aromatic heterocycles. The lowest BCUT2D eigenvalue weighted by molar-refractivity contribution is -0.299. The maximum Gasteiger partial charge on any atom is 0.313 e. The van der Waals surface area contributed by atoms with E-state index in [1.54, 1.807) is 6.92 Å². The second kappa shape index (κ2) is 4.54. The van der Waals surface area contributed by atoms with Gasteiger partial charge in [0, 0.05) is 0 Å². The van der Waals surface area contributed by atoms with Gasteiger partial charge < -0.3 is 14.6 Å². The normalized spacial score (nSPS) is 11.8. The van der Waals surface area contributed by atoms with E-state index in [2.05, 4.69) is 11.3 Å². The van der Waals surface area contributed by atoms with Crippen LogP contribution >= 0.6 is 0 Å². The maximum absolute atomic E-state index is 10.9. The number of hydrogen-bond acceptors (Lipinski definition) is 4. The summed E-state index contributed by atoms with van der Waals surface area (Å²) in [6.07, 6.45) is 0. The van der Waals surface area contributed by atoms with E-state index >= 15 is 0 Å². The Morgan fingerprint density at radius 2 is 2.08 bits per heavy atom. The number of carboxylic acids is 1. The van der Waals surface area contributed by atoms with Crippen LogP contribution in [-0.2, 0) is 14.3 Å². The second-order valence-corrected chi connectivity index (χ2v) is 2.29. The fourth-order valence-electron chi connectivity index (χ4n) is 0.586. The van der Waals surface area contributed by atoms with Gasteiger partial charge in [-0.2, -0.15) is 0 Å². The minimum Gasteiger partial charge on any atom is -0.545 e. The zero-order valence-electron chi connectivity index (χ0n) is 7.12. The predicted octanol–water partition coefficient (Wildman–Crippen LogP) is -0.508. The highest BCUT2D eigenvalue weighted by molar-refractivity contribution is 5.92. The fourth-order valence-corrected chi connectivity index (χ4v) is 0.586. The third-order valence-corrected chi connectivity index (χ3v) is 1.43. The first kappa shape index (κ1) is 10.7. The van der Waals surface area contributed by atoms with Gasteiger partial charge in [0.15, 0.2) is 0 Å². The van der Waals surface area contributed by atoms with Gasteiger partial charge >= 0.3 is 5.97 Å². The van der Waals surface area contributed by atoms with Crippen molar-refractivity contribution < 1.29 is 19.4 Å². The van der Waals surface area contributed by atoms with Crippen molar-refractivity contribution in [3.8, 4) is 0 Å². The molecule has 0 N–H and O–H groups in total. The van der Waals surface area contributed by atoms with Crippen LogP contribution in [0, 0.1) is 5.92 Å². The van der Waals surface area contributed by atoms with Crippen molar-refractivity contribution in [2.75, 3.05) is 6.61 Å². The van der Waals surface area contributed by atoms with Crippen molar-refractivity contribution in [3.63, 3.8) is 0 Å². The molecule has 4 heteroatoms. The Labute approximate surface area is 70.8 Å². The summed E-state index contributed by atoms with van der Waals surface area (Å²) in [6, 6.07) is 0. The number of esters is 1. The lowest BCUT2D eigenvalue weighted by atomic mass is 10.0. The Kier molecular flexibility index (Phi) is 4.04. The van der Waals surface area contributed by atoms with Crippen molar-refractivity contribution >= 4 is 11.9 Å². The molecular formula is C8H11O4-. The van der Waals surface area contributed by atoms with Gasteiger partial charge in [-0.15, -0.1) is 0 Å². The van der Waals surface area contributed by atoms with Crippen LogP contribution in [0.15, 0.2) is 12.2 Å². The highest BCUT2D eigenvalue weighted by Crippen LogP contribution is 2.08. The average molecular weight is 171 g/mol. The molecule has 0 heterocycles. The van der Waals surface area contributed by atoms with Crippen molar-refractivity contribution in [3.05, 3.63) is 12.2 Å². The van der Waals surface area contributed by atoms with E-state index in [0.29, 0.717) is 0 Å². The fraction of sp³-hybridized carbons (Fsp3) is 0.500. The van der Waals surface area contributed by atoms with Gasteiger partial charge in [0.1, 0.15) is 0 Å². The molecule has 0 aliphatic heterocycles. The quantitative estimate of drug-likeness (QED) is 0.422. The standard InChI is InChI=1S/C8H12O4/c1-4-12-8(11)6(3)5(2)7(9)10/h6H,2,4H2,1,3H3,(H,9,10)/p-1. The molecule has 1 unspecified atom stereocenters. The molecule has 0 aromatic carbocycles. The van der Waals surface area contributed by atoms with Crippen molar-refractivity contribution in [1.29, 1.82) is 0 Å². The molecule has 0 spiro atoms. The number of aliphatic carboxylic acids is 1. The highest BCUT2D eigenvalue weighted by Gasteiger charge is 2.17. The molecule has 0 aromatic rings. The summed E-state index contributed by atoms with van der Waals surface area (Å²) >= 11 is 0.